The van der Waals surface area contributed by atoms with E-state index in [1.54, 1.807) is 0 Å². The molecule has 0 spiro atoms. The fourth-order valence-electron chi connectivity index (χ4n) is 6.07. The monoisotopic (exact) mass is 536 g/mol. The second-order valence-electron chi connectivity index (χ2n) is 10.2. The highest BCUT2D eigenvalue weighted by Crippen LogP contribution is 2.41. The van der Waals surface area contributed by atoms with E-state index in [1.807, 2.05) is 84.9 Å². The smallest absolute Gasteiger partial charge is 0.229 e. The van der Waals surface area contributed by atoms with Crippen LogP contribution in [0.25, 0.3) is 71.8 Å². The van der Waals surface area contributed by atoms with E-state index in [0.29, 0.717) is 22.1 Å². The van der Waals surface area contributed by atoms with E-state index in [2.05, 4.69) is 58.1 Å². The van der Waals surface area contributed by atoms with Gasteiger partial charge in [-0.15, -0.1) is 0 Å². The van der Waals surface area contributed by atoms with Gasteiger partial charge >= 0.3 is 0 Å². The molecule has 0 atom stereocenters. The zero-order valence-corrected chi connectivity index (χ0v) is 22.2. The van der Waals surface area contributed by atoms with E-state index >= 15 is 0 Å². The van der Waals surface area contributed by atoms with Gasteiger partial charge in [0.05, 0.1) is 22.0 Å². The molecule has 8 aromatic rings. The zero-order chi connectivity index (χ0) is 28.2. The van der Waals surface area contributed by atoms with Crippen molar-refractivity contribution in [1.82, 2.24) is 9.55 Å². The third kappa shape index (κ3) is 3.45. The van der Waals surface area contributed by atoms with Gasteiger partial charge in [-0.2, -0.15) is 10.5 Å². The zero-order valence-electron chi connectivity index (χ0n) is 22.2. The van der Waals surface area contributed by atoms with Gasteiger partial charge in [-0.05, 0) is 59.2 Å². The van der Waals surface area contributed by atoms with Crippen LogP contribution < -0.4 is 0 Å². The van der Waals surface area contributed by atoms with Crippen LogP contribution in [0.4, 0.5) is 0 Å². The van der Waals surface area contributed by atoms with Crippen molar-refractivity contribution < 1.29 is 4.42 Å². The van der Waals surface area contributed by atoms with Crippen LogP contribution in [0.2, 0.25) is 0 Å². The highest BCUT2D eigenvalue weighted by atomic mass is 16.3. The largest absolute Gasteiger partial charge is 0.438 e. The number of hydrogen-bond donors (Lipinski definition) is 0. The molecule has 0 aliphatic heterocycles. The number of pyridine rings is 1. The van der Waals surface area contributed by atoms with Gasteiger partial charge in [0.2, 0.25) is 5.71 Å². The number of benzene rings is 5. The number of fused-ring (bicyclic) bond motifs is 6. The number of rotatable bonds is 3. The molecule has 0 fully saturated rings. The SMILES string of the molecule is N#Cc1nc2oc3ccc(-c4ccccc4)cc3c2c(C#N)c1-c1ccc2c(c1)c1ccccc1n2-c1ccccc1. The van der Waals surface area contributed by atoms with E-state index in [-0.39, 0.29) is 11.4 Å². The minimum atomic E-state index is 0.160. The molecule has 0 aliphatic carbocycles. The molecule has 3 aromatic heterocycles. The Hall–Kier alpha value is -6.17. The molecule has 0 unspecified atom stereocenters. The highest BCUT2D eigenvalue weighted by Gasteiger charge is 2.23. The highest BCUT2D eigenvalue weighted by molar-refractivity contribution is 6.13. The van der Waals surface area contributed by atoms with Crippen LogP contribution in [0.5, 0.6) is 0 Å². The van der Waals surface area contributed by atoms with E-state index < -0.39 is 0 Å². The summed E-state index contributed by atoms with van der Waals surface area (Å²) in [4.78, 5) is 4.63. The molecular formula is C37H20N4O. The van der Waals surface area contributed by atoms with Gasteiger partial charge in [0.25, 0.3) is 0 Å². The lowest BCUT2D eigenvalue weighted by atomic mass is 9.94. The van der Waals surface area contributed by atoms with Crippen LogP contribution in [0.3, 0.4) is 0 Å². The fraction of sp³-hybridized carbons (Fsp3) is 0. The molecule has 0 amide bonds. The van der Waals surface area contributed by atoms with Crippen molar-refractivity contribution in [2.24, 2.45) is 0 Å². The second kappa shape index (κ2) is 9.20. The molecule has 42 heavy (non-hydrogen) atoms. The van der Waals surface area contributed by atoms with Gasteiger partial charge in [0.15, 0.2) is 5.69 Å². The minimum Gasteiger partial charge on any atom is -0.438 e. The van der Waals surface area contributed by atoms with Gasteiger partial charge in [0, 0.05) is 27.4 Å². The normalized spacial score (nSPS) is 11.3. The molecule has 5 nitrogen and oxygen atoms in total. The van der Waals surface area contributed by atoms with Crippen molar-refractivity contribution >= 4 is 43.9 Å². The first-order chi connectivity index (χ1) is 20.7. The van der Waals surface area contributed by atoms with Crippen molar-refractivity contribution in [3.8, 4) is 40.1 Å². The Morgan fingerprint density at radius 2 is 1.29 bits per heavy atom. The summed E-state index contributed by atoms with van der Waals surface area (Å²) in [7, 11) is 0. The van der Waals surface area contributed by atoms with Crippen LogP contribution >= 0.6 is 0 Å². The topological polar surface area (TPSA) is 78.5 Å². The maximum Gasteiger partial charge on any atom is 0.229 e. The Bertz CT molecular complexity index is 2420. The lowest BCUT2D eigenvalue weighted by molar-refractivity contribution is 0.653. The van der Waals surface area contributed by atoms with Crippen LogP contribution in [-0.2, 0) is 0 Å². The van der Waals surface area contributed by atoms with Gasteiger partial charge < -0.3 is 8.98 Å². The molecule has 0 saturated carbocycles. The molecule has 0 bridgehead atoms. The molecule has 5 heteroatoms. The van der Waals surface area contributed by atoms with Crippen molar-refractivity contribution in [3.63, 3.8) is 0 Å². The van der Waals surface area contributed by atoms with E-state index in [9.17, 15) is 10.5 Å². The first-order valence-electron chi connectivity index (χ1n) is 13.6. The molecule has 194 valence electrons. The summed E-state index contributed by atoms with van der Waals surface area (Å²) >= 11 is 0. The summed E-state index contributed by atoms with van der Waals surface area (Å²) in [5, 5.41) is 24.3. The number of nitrogens with zero attached hydrogens (tertiary/aromatic N) is 4. The number of para-hydroxylation sites is 2. The Labute approximate surface area is 240 Å². The predicted molar refractivity (Wildman–Crippen MR) is 166 cm³/mol. The van der Waals surface area contributed by atoms with Gasteiger partial charge in [-0.25, -0.2) is 4.98 Å². The molecule has 0 N–H and O–H groups in total. The Balaban J connectivity index is 1.42. The number of hydrogen-bond acceptors (Lipinski definition) is 4. The van der Waals surface area contributed by atoms with Crippen molar-refractivity contribution in [2.75, 3.05) is 0 Å². The average Bonchev–Trinajstić information content (AvgIpc) is 3.59. The van der Waals surface area contributed by atoms with Gasteiger partial charge in [0.1, 0.15) is 17.7 Å². The Morgan fingerprint density at radius 1 is 0.595 bits per heavy atom. The maximum absolute atomic E-state index is 10.6. The molecule has 0 radical (unpaired) electrons. The van der Waals surface area contributed by atoms with Crippen molar-refractivity contribution in [2.45, 2.75) is 0 Å². The Morgan fingerprint density at radius 3 is 2.07 bits per heavy atom. The first kappa shape index (κ1) is 23.7. The van der Waals surface area contributed by atoms with Gasteiger partial charge in [-0.1, -0.05) is 78.9 Å². The summed E-state index contributed by atoms with van der Waals surface area (Å²) < 4.78 is 8.32. The lowest BCUT2D eigenvalue weighted by Gasteiger charge is -2.10. The van der Waals surface area contributed by atoms with Crippen LogP contribution in [0.15, 0.2) is 126 Å². The number of furan rings is 1. The third-order valence-electron chi connectivity index (χ3n) is 7.92. The van der Waals surface area contributed by atoms with E-state index in [0.717, 1.165) is 49.6 Å². The van der Waals surface area contributed by atoms with E-state index in [1.165, 1.54) is 0 Å². The second-order valence-corrected chi connectivity index (χ2v) is 10.2. The summed E-state index contributed by atoms with van der Waals surface area (Å²) in [6, 6.07) is 45.3. The predicted octanol–water partition coefficient (Wildman–Crippen LogP) is 9.16. The standard InChI is InChI=1S/C37H20N4O/c38-21-30-35(25-15-17-33-28(20-25)27-13-7-8-14-32(27)41(33)26-11-5-2-6-12-26)31(22-39)40-37-36(30)29-19-24(16-18-34(29)42-37)23-9-3-1-4-10-23/h1-20H. The molecule has 5 aromatic carbocycles. The minimum absolute atomic E-state index is 0.160. The van der Waals surface area contributed by atoms with Crippen LogP contribution in [0, 0.1) is 22.7 Å². The average molecular weight is 537 g/mol. The molecular weight excluding hydrogens is 516 g/mol. The summed E-state index contributed by atoms with van der Waals surface area (Å²) in [6.45, 7) is 0. The third-order valence-corrected chi connectivity index (χ3v) is 7.92. The summed E-state index contributed by atoms with van der Waals surface area (Å²) in [5.74, 6) is 0. The summed E-state index contributed by atoms with van der Waals surface area (Å²) in [5.41, 5.74) is 7.98. The van der Waals surface area contributed by atoms with Gasteiger partial charge in [-0.3, -0.25) is 0 Å². The Kier molecular flexibility index (Phi) is 5.19. The number of nitriles is 2. The van der Waals surface area contributed by atoms with Crippen molar-refractivity contribution in [3.05, 3.63) is 133 Å². The quantitative estimate of drug-likeness (QED) is 0.225. The van der Waals surface area contributed by atoms with E-state index in [4.69, 9.17) is 4.42 Å². The molecule has 0 saturated heterocycles. The molecule has 0 aliphatic rings. The maximum atomic E-state index is 10.6. The first-order valence-corrected chi connectivity index (χ1v) is 13.6. The van der Waals surface area contributed by atoms with Crippen molar-refractivity contribution in [1.29, 1.82) is 10.5 Å². The van der Waals surface area contributed by atoms with Crippen LogP contribution in [0.1, 0.15) is 11.3 Å². The lowest BCUT2D eigenvalue weighted by Crippen LogP contribution is -1.96. The summed E-state index contributed by atoms with van der Waals surface area (Å²) in [6.07, 6.45) is 0. The fourth-order valence-corrected chi connectivity index (χ4v) is 6.07. The molecule has 3 heterocycles. The molecule has 8 rings (SSSR count). The van der Waals surface area contributed by atoms with Crippen LogP contribution in [-0.4, -0.2) is 9.55 Å². The number of aromatic nitrogens is 2.